The molecule has 1 aliphatic carbocycles. The minimum absolute atomic E-state index is 0.327. The van der Waals surface area contributed by atoms with Crippen molar-refractivity contribution in [3.8, 4) is 0 Å². The molecule has 0 saturated heterocycles. The molecule has 0 amide bonds. The molecule has 6 nitrogen and oxygen atoms in total. The first-order valence-electron chi connectivity index (χ1n) is 8.44. The normalized spacial score (nSPS) is 20.5. The number of hydrogen-bond donors (Lipinski definition) is 2. The van der Waals surface area contributed by atoms with Gasteiger partial charge in [0, 0.05) is 6.04 Å². The average molecular weight is 323 g/mol. The molecule has 1 fully saturated rings. The van der Waals surface area contributed by atoms with Gasteiger partial charge >= 0.3 is 0 Å². The van der Waals surface area contributed by atoms with Gasteiger partial charge in [-0.15, -0.1) is 0 Å². The van der Waals surface area contributed by atoms with Gasteiger partial charge in [-0.2, -0.15) is 5.10 Å². The number of H-pyrrole nitrogens is 1. The quantitative estimate of drug-likeness (QED) is 0.729. The minimum Gasteiger partial charge on any atom is -0.378 e. The van der Waals surface area contributed by atoms with E-state index in [0.29, 0.717) is 12.1 Å². The molecule has 0 bridgehead atoms. The first-order valence-corrected chi connectivity index (χ1v) is 8.44. The van der Waals surface area contributed by atoms with Gasteiger partial charge in [-0.1, -0.05) is 30.3 Å². The van der Waals surface area contributed by atoms with Gasteiger partial charge in [0.2, 0.25) is 0 Å². The fourth-order valence-corrected chi connectivity index (χ4v) is 3.28. The third-order valence-corrected chi connectivity index (χ3v) is 4.56. The fraction of sp³-hybridized carbons (Fsp3) is 0.389. The largest absolute Gasteiger partial charge is 0.378 e. The molecule has 0 radical (unpaired) electrons. The van der Waals surface area contributed by atoms with E-state index in [1.54, 1.807) is 12.5 Å². The molecule has 3 aromatic rings. The Morgan fingerprint density at radius 2 is 2.08 bits per heavy atom. The van der Waals surface area contributed by atoms with Crippen LogP contribution in [0.25, 0.3) is 11.0 Å². The molecule has 6 heteroatoms. The van der Waals surface area contributed by atoms with Crippen LogP contribution in [0, 0.1) is 0 Å². The van der Waals surface area contributed by atoms with Gasteiger partial charge in [-0.25, -0.2) is 9.97 Å². The van der Waals surface area contributed by atoms with Gasteiger partial charge in [0.05, 0.1) is 24.3 Å². The maximum Gasteiger partial charge on any atom is 0.160 e. The number of hydrogen-bond acceptors (Lipinski definition) is 5. The van der Waals surface area contributed by atoms with Crippen molar-refractivity contribution in [1.29, 1.82) is 0 Å². The lowest BCUT2D eigenvalue weighted by molar-refractivity contribution is 0.0601. The van der Waals surface area contributed by atoms with E-state index in [0.717, 1.165) is 49.1 Å². The number of aromatic amines is 1. The van der Waals surface area contributed by atoms with Gasteiger partial charge in [0.15, 0.2) is 5.65 Å². The van der Waals surface area contributed by atoms with E-state index >= 15 is 0 Å². The molecule has 1 aromatic carbocycles. The van der Waals surface area contributed by atoms with Crippen molar-refractivity contribution in [3.05, 3.63) is 48.4 Å². The second-order valence-electron chi connectivity index (χ2n) is 6.24. The van der Waals surface area contributed by atoms with Crippen LogP contribution < -0.4 is 5.32 Å². The van der Waals surface area contributed by atoms with E-state index in [4.69, 9.17) is 4.74 Å². The molecular weight excluding hydrogens is 302 g/mol. The van der Waals surface area contributed by atoms with Gasteiger partial charge < -0.3 is 10.1 Å². The summed E-state index contributed by atoms with van der Waals surface area (Å²) in [5.41, 5.74) is 2.09. The number of fused-ring (bicyclic) bond motifs is 1. The zero-order valence-corrected chi connectivity index (χ0v) is 13.5. The summed E-state index contributed by atoms with van der Waals surface area (Å²) in [4.78, 5) is 8.51. The highest BCUT2D eigenvalue weighted by molar-refractivity contribution is 5.85. The van der Waals surface area contributed by atoms with Crippen LogP contribution >= 0.6 is 0 Å². The van der Waals surface area contributed by atoms with Crippen LogP contribution in [0.15, 0.2) is 42.9 Å². The monoisotopic (exact) mass is 323 g/mol. The lowest BCUT2D eigenvalue weighted by Crippen LogP contribution is -2.19. The summed E-state index contributed by atoms with van der Waals surface area (Å²) in [6.45, 7) is 0.779. The van der Waals surface area contributed by atoms with E-state index in [2.05, 4.69) is 49.7 Å². The van der Waals surface area contributed by atoms with Crippen molar-refractivity contribution in [2.45, 2.75) is 37.8 Å². The van der Waals surface area contributed by atoms with Crippen LogP contribution in [0.3, 0.4) is 0 Å². The summed E-state index contributed by atoms with van der Waals surface area (Å²) < 4.78 is 6.06. The maximum absolute atomic E-state index is 6.06. The molecular formula is C18H21N5O. The lowest BCUT2D eigenvalue weighted by atomic mass is 10.2. The van der Waals surface area contributed by atoms with Crippen LogP contribution in [0.2, 0.25) is 0 Å². The molecule has 2 N–H and O–H groups in total. The van der Waals surface area contributed by atoms with Crippen LogP contribution in [0.4, 0.5) is 5.82 Å². The first-order chi connectivity index (χ1) is 11.9. The average Bonchev–Trinajstić information content (AvgIpc) is 3.26. The summed E-state index contributed by atoms with van der Waals surface area (Å²) >= 11 is 0. The molecule has 2 heterocycles. The highest BCUT2D eigenvalue weighted by Gasteiger charge is 2.26. The molecule has 24 heavy (non-hydrogen) atoms. The van der Waals surface area contributed by atoms with Crippen molar-refractivity contribution >= 4 is 16.9 Å². The predicted molar refractivity (Wildman–Crippen MR) is 92.8 cm³/mol. The number of nitrogens with one attached hydrogen (secondary N) is 2. The standard InChI is InChI=1S/C18H21N5O/c1-2-4-13(5-3-1)8-9-24-15-7-6-14(10-15)22-17-16-11-21-23-18(16)20-12-19-17/h1-5,11-12,14-15H,6-10H2,(H2,19,20,21,22,23)/t14-,15-/m1/s1. The molecule has 1 saturated carbocycles. The van der Waals surface area contributed by atoms with Gasteiger partial charge in [0.25, 0.3) is 0 Å². The molecule has 4 rings (SSSR count). The fourth-order valence-electron chi connectivity index (χ4n) is 3.28. The smallest absolute Gasteiger partial charge is 0.160 e. The number of aromatic nitrogens is 4. The molecule has 0 unspecified atom stereocenters. The summed E-state index contributed by atoms with van der Waals surface area (Å²) in [7, 11) is 0. The molecule has 2 aromatic heterocycles. The van der Waals surface area contributed by atoms with Crippen LogP contribution in [0.5, 0.6) is 0 Å². The van der Waals surface area contributed by atoms with Crippen LogP contribution in [0.1, 0.15) is 24.8 Å². The Bertz CT molecular complexity index is 788. The predicted octanol–water partition coefficient (Wildman–Crippen LogP) is 2.95. The van der Waals surface area contributed by atoms with E-state index in [1.165, 1.54) is 5.56 Å². The number of rotatable bonds is 6. The number of benzene rings is 1. The molecule has 0 aliphatic heterocycles. The van der Waals surface area contributed by atoms with Gasteiger partial charge in [-0.3, -0.25) is 5.10 Å². The molecule has 124 valence electrons. The number of nitrogens with zero attached hydrogens (tertiary/aromatic N) is 3. The summed E-state index contributed by atoms with van der Waals surface area (Å²) in [6, 6.07) is 10.9. The van der Waals surface area contributed by atoms with Crippen molar-refractivity contribution in [1.82, 2.24) is 20.2 Å². The van der Waals surface area contributed by atoms with Crippen molar-refractivity contribution in [2.75, 3.05) is 11.9 Å². The van der Waals surface area contributed by atoms with Gasteiger partial charge in [-0.05, 0) is 31.2 Å². The Morgan fingerprint density at radius 1 is 1.17 bits per heavy atom. The van der Waals surface area contributed by atoms with Gasteiger partial charge in [0.1, 0.15) is 12.1 Å². The van der Waals surface area contributed by atoms with E-state index in [1.807, 2.05) is 6.07 Å². The Labute approximate surface area is 140 Å². The summed E-state index contributed by atoms with van der Waals surface area (Å²) in [5, 5.41) is 11.4. The SMILES string of the molecule is c1ccc(CCO[C@@H]2CC[C@@H](Nc3ncnc4[nH]ncc34)C2)cc1. The highest BCUT2D eigenvalue weighted by atomic mass is 16.5. The third-order valence-electron chi connectivity index (χ3n) is 4.56. The van der Waals surface area contributed by atoms with Crippen LogP contribution in [-0.4, -0.2) is 38.9 Å². The van der Waals surface area contributed by atoms with E-state index < -0.39 is 0 Å². The Kier molecular flexibility index (Phi) is 4.38. The second kappa shape index (κ2) is 6.97. The summed E-state index contributed by atoms with van der Waals surface area (Å²) in [5.74, 6) is 0.851. The minimum atomic E-state index is 0.327. The van der Waals surface area contributed by atoms with Crippen molar-refractivity contribution in [3.63, 3.8) is 0 Å². The zero-order valence-electron chi connectivity index (χ0n) is 13.5. The van der Waals surface area contributed by atoms with Crippen molar-refractivity contribution in [2.24, 2.45) is 0 Å². The maximum atomic E-state index is 6.06. The highest BCUT2D eigenvalue weighted by Crippen LogP contribution is 2.27. The lowest BCUT2D eigenvalue weighted by Gasteiger charge is -2.15. The molecule has 2 atom stereocenters. The Morgan fingerprint density at radius 3 is 3.00 bits per heavy atom. The topological polar surface area (TPSA) is 75.7 Å². The number of ether oxygens (including phenoxy) is 1. The third kappa shape index (κ3) is 3.38. The van der Waals surface area contributed by atoms with Crippen LogP contribution in [-0.2, 0) is 11.2 Å². The Balaban J connectivity index is 1.28. The number of anilines is 1. The van der Waals surface area contributed by atoms with E-state index in [-0.39, 0.29) is 0 Å². The second-order valence-corrected chi connectivity index (χ2v) is 6.24. The molecule has 1 aliphatic rings. The van der Waals surface area contributed by atoms with E-state index in [9.17, 15) is 0 Å². The summed E-state index contributed by atoms with van der Waals surface area (Å²) in [6.07, 6.45) is 7.82. The molecule has 0 spiro atoms. The zero-order chi connectivity index (χ0) is 16.2. The Hall–Kier alpha value is -2.47. The van der Waals surface area contributed by atoms with Crippen molar-refractivity contribution < 1.29 is 4.74 Å². The first kappa shape index (κ1) is 15.1.